The molecule has 7 atom stereocenters. The van der Waals surface area contributed by atoms with Crippen molar-refractivity contribution in [2.75, 3.05) is 6.61 Å². The number of alkyl halides is 1. The molecule has 1 nitrogen and oxygen atoms in total. The Hall–Kier alpha value is 0.180. The van der Waals surface area contributed by atoms with E-state index in [0.717, 1.165) is 24.2 Å². The van der Waals surface area contributed by atoms with Crippen molar-refractivity contribution in [1.82, 2.24) is 0 Å². The first kappa shape index (κ1) is 15.7. The molecule has 4 rings (SSSR count). The van der Waals surface area contributed by atoms with E-state index in [-0.39, 0.29) is 16.8 Å². The number of aliphatic hydroxyl groups is 1. The summed E-state index contributed by atoms with van der Waals surface area (Å²) in [7, 11) is 0. The lowest BCUT2D eigenvalue weighted by molar-refractivity contribution is 0.0240. The van der Waals surface area contributed by atoms with Gasteiger partial charge in [0.1, 0.15) is 0 Å². The highest BCUT2D eigenvalue weighted by molar-refractivity contribution is 9.09. The van der Waals surface area contributed by atoms with Crippen molar-refractivity contribution in [2.45, 2.75) is 70.5 Å². The van der Waals surface area contributed by atoms with Gasteiger partial charge in [0.2, 0.25) is 0 Å². The average Bonchev–Trinajstić information content (AvgIpc) is 3.17. The standard InChI is InChI=1S/C20H31BrO/c1-18(17(21)12-22)8-7-15-13(10-18)4-5-16-19(15,2)9-6-14-11-20(14,16)3/h7,13-14,16-17,22H,4-6,8-12H2,1-3H3/t13-,14-,16+,17+,18+,19+,20+/m1/s1. The minimum absolute atomic E-state index is 0.229. The minimum Gasteiger partial charge on any atom is -0.395 e. The zero-order valence-corrected chi connectivity index (χ0v) is 16.0. The van der Waals surface area contributed by atoms with Crippen LogP contribution in [0.15, 0.2) is 11.6 Å². The van der Waals surface area contributed by atoms with Crippen molar-refractivity contribution in [3.63, 3.8) is 0 Å². The van der Waals surface area contributed by atoms with Gasteiger partial charge in [0.25, 0.3) is 0 Å². The second-order valence-corrected chi connectivity index (χ2v) is 10.7. The zero-order valence-electron chi connectivity index (χ0n) is 14.4. The van der Waals surface area contributed by atoms with Gasteiger partial charge in [-0.15, -0.1) is 0 Å². The number of halogens is 1. The van der Waals surface area contributed by atoms with Crippen molar-refractivity contribution in [1.29, 1.82) is 0 Å². The van der Waals surface area contributed by atoms with E-state index < -0.39 is 0 Å². The van der Waals surface area contributed by atoms with Crippen LogP contribution >= 0.6 is 15.9 Å². The molecule has 0 heterocycles. The molecule has 124 valence electrons. The van der Waals surface area contributed by atoms with Gasteiger partial charge in [-0.05, 0) is 78.9 Å². The highest BCUT2D eigenvalue weighted by Crippen LogP contribution is 2.73. The summed E-state index contributed by atoms with van der Waals surface area (Å²) in [6.07, 6.45) is 12.2. The second kappa shape index (κ2) is 4.85. The third-order valence-electron chi connectivity index (χ3n) is 8.36. The molecule has 0 spiro atoms. The van der Waals surface area contributed by atoms with Crippen LogP contribution in [0.2, 0.25) is 0 Å². The Balaban J connectivity index is 1.65. The van der Waals surface area contributed by atoms with Crippen LogP contribution in [0.3, 0.4) is 0 Å². The summed E-state index contributed by atoms with van der Waals surface area (Å²) in [6.45, 7) is 7.79. The number of hydrogen-bond acceptors (Lipinski definition) is 1. The van der Waals surface area contributed by atoms with Gasteiger partial charge in [0.15, 0.2) is 0 Å². The van der Waals surface area contributed by atoms with Crippen LogP contribution in [0.25, 0.3) is 0 Å². The molecule has 0 radical (unpaired) electrons. The molecule has 3 fully saturated rings. The van der Waals surface area contributed by atoms with Crippen LogP contribution < -0.4 is 0 Å². The van der Waals surface area contributed by atoms with Crippen molar-refractivity contribution >= 4 is 15.9 Å². The first-order chi connectivity index (χ1) is 10.3. The average molecular weight is 367 g/mol. The van der Waals surface area contributed by atoms with Gasteiger partial charge in [0.05, 0.1) is 6.61 Å². The van der Waals surface area contributed by atoms with E-state index in [1.54, 1.807) is 0 Å². The Labute approximate surface area is 144 Å². The number of allylic oxidation sites excluding steroid dienone is 2. The predicted molar refractivity (Wildman–Crippen MR) is 95.0 cm³/mol. The van der Waals surface area contributed by atoms with Crippen LogP contribution in [0.1, 0.15) is 65.7 Å². The number of hydrogen-bond donors (Lipinski definition) is 1. The van der Waals surface area contributed by atoms with E-state index in [0.29, 0.717) is 10.8 Å². The van der Waals surface area contributed by atoms with E-state index in [4.69, 9.17) is 0 Å². The minimum atomic E-state index is 0.229. The molecule has 0 bridgehead atoms. The maximum atomic E-state index is 9.59. The summed E-state index contributed by atoms with van der Waals surface area (Å²) in [4.78, 5) is 0.236. The molecule has 0 aliphatic heterocycles. The first-order valence-electron chi connectivity index (χ1n) is 9.29. The van der Waals surface area contributed by atoms with Crippen molar-refractivity contribution < 1.29 is 5.11 Å². The van der Waals surface area contributed by atoms with Gasteiger partial charge in [-0.3, -0.25) is 0 Å². The lowest BCUT2D eigenvalue weighted by Gasteiger charge is -2.56. The number of fused-ring (bicyclic) bond motifs is 5. The fourth-order valence-electron chi connectivity index (χ4n) is 6.77. The molecule has 2 heteroatoms. The molecular weight excluding hydrogens is 336 g/mol. The Morgan fingerprint density at radius 3 is 2.73 bits per heavy atom. The quantitative estimate of drug-likeness (QED) is 0.517. The van der Waals surface area contributed by atoms with Crippen LogP contribution in [-0.4, -0.2) is 16.5 Å². The van der Waals surface area contributed by atoms with Crippen molar-refractivity contribution in [3.05, 3.63) is 11.6 Å². The topological polar surface area (TPSA) is 20.2 Å². The van der Waals surface area contributed by atoms with Crippen LogP contribution in [-0.2, 0) is 0 Å². The Bertz CT molecular complexity index is 514. The molecule has 0 aromatic rings. The molecule has 0 aromatic carbocycles. The maximum Gasteiger partial charge on any atom is 0.0561 e. The lowest BCUT2D eigenvalue weighted by atomic mass is 9.49. The van der Waals surface area contributed by atoms with Crippen LogP contribution in [0, 0.1) is 34.0 Å². The van der Waals surface area contributed by atoms with E-state index >= 15 is 0 Å². The van der Waals surface area contributed by atoms with E-state index in [9.17, 15) is 5.11 Å². The van der Waals surface area contributed by atoms with Gasteiger partial charge >= 0.3 is 0 Å². The van der Waals surface area contributed by atoms with E-state index in [1.807, 2.05) is 5.57 Å². The first-order valence-corrected chi connectivity index (χ1v) is 10.2. The van der Waals surface area contributed by atoms with Crippen LogP contribution in [0.5, 0.6) is 0 Å². The summed E-state index contributed by atoms with van der Waals surface area (Å²) in [5, 5.41) is 9.59. The number of aliphatic hydroxyl groups excluding tert-OH is 1. The molecule has 4 aliphatic carbocycles. The fourth-order valence-corrected chi connectivity index (χ4v) is 7.14. The summed E-state index contributed by atoms with van der Waals surface area (Å²) in [6, 6.07) is 0. The van der Waals surface area contributed by atoms with E-state index in [1.165, 1.54) is 38.5 Å². The molecule has 0 unspecified atom stereocenters. The Kier molecular flexibility index (Phi) is 3.46. The second-order valence-electron chi connectivity index (χ2n) is 9.56. The normalized spacial score (nSPS) is 54.6. The predicted octanol–water partition coefficient (Wildman–Crippen LogP) is 5.32. The molecular formula is C20H31BrO. The summed E-state index contributed by atoms with van der Waals surface area (Å²) in [5.74, 6) is 2.74. The van der Waals surface area contributed by atoms with Crippen molar-refractivity contribution in [2.24, 2.45) is 34.0 Å². The molecule has 0 amide bonds. The SMILES string of the molecule is C[C@]1([C@@H](Br)CO)CC=C2[C@H](CC[C@@H]3[C@@]4(C)C[C@H]4CC[C@@]23C)C1. The van der Waals surface area contributed by atoms with Crippen molar-refractivity contribution in [3.8, 4) is 0 Å². The third kappa shape index (κ3) is 1.98. The largest absolute Gasteiger partial charge is 0.395 e. The molecule has 0 aromatic heterocycles. The highest BCUT2D eigenvalue weighted by atomic mass is 79.9. The Morgan fingerprint density at radius 1 is 1.23 bits per heavy atom. The lowest BCUT2D eigenvalue weighted by Crippen LogP contribution is -2.47. The number of rotatable bonds is 2. The smallest absolute Gasteiger partial charge is 0.0561 e. The van der Waals surface area contributed by atoms with E-state index in [2.05, 4.69) is 42.8 Å². The molecule has 1 N–H and O–H groups in total. The third-order valence-corrected chi connectivity index (χ3v) is 9.75. The molecule has 22 heavy (non-hydrogen) atoms. The Morgan fingerprint density at radius 2 is 2.00 bits per heavy atom. The van der Waals surface area contributed by atoms with Gasteiger partial charge in [0, 0.05) is 4.83 Å². The summed E-state index contributed by atoms with van der Waals surface area (Å²) < 4.78 is 0. The molecule has 0 saturated heterocycles. The van der Waals surface area contributed by atoms with Gasteiger partial charge in [-0.2, -0.15) is 0 Å². The summed E-state index contributed by atoms with van der Waals surface area (Å²) in [5.41, 5.74) is 3.19. The van der Waals surface area contributed by atoms with Gasteiger partial charge in [-0.25, -0.2) is 0 Å². The van der Waals surface area contributed by atoms with Gasteiger partial charge < -0.3 is 5.11 Å². The highest BCUT2D eigenvalue weighted by Gasteiger charge is 2.65. The maximum absolute atomic E-state index is 9.59. The van der Waals surface area contributed by atoms with Gasteiger partial charge in [-0.1, -0.05) is 48.4 Å². The summed E-state index contributed by atoms with van der Waals surface area (Å²) >= 11 is 3.74. The molecule has 3 saturated carbocycles. The monoisotopic (exact) mass is 366 g/mol. The zero-order chi connectivity index (χ0) is 15.8. The molecule has 4 aliphatic rings. The van der Waals surface area contributed by atoms with Crippen LogP contribution in [0.4, 0.5) is 0 Å². The fraction of sp³-hybridized carbons (Fsp3) is 0.900.